The average Bonchev–Trinajstić information content (AvgIpc) is 2.17. The van der Waals surface area contributed by atoms with E-state index in [4.69, 9.17) is 0 Å². The fourth-order valence-corrected chi connectivity index (χ4v) is 1.49. The van der Waals surface area contributed by atoms with Crippen LogP contribution in [0.1, 0.15) is 11.3 Å². The summed E-state index contributed by atoms with van der Waals surface area (Å²) in [6, 6.07) is 1.83. The Morgan fingerprint density at radius 1 is 1.20 bits per heavy atom. The molecule has 0 unspecified atom stereocenters. The number of pyridine rings is 1. The van der Waals surface area contributed by atoms with E-state index in [0.29, 0.717) is 11.3 Å². The van der Waals surface area contributed by atoms with E-state index in [9.17, 15) is 13.9 Å². The molecule has 78 valence electrons. The van der Waals surface area contributed by atoms with Gasteiger partial charge in [-0.15, -0.1) is 0 Å². The van der Waals surface area contributed by atoms with Crippen molar-refractivity contribution in [1.82, 2.24) is 4.98 Å². The molecule has 2 nitrogen and oxygen atoms in total. The van der Waals surface area contributed by atoms with E-state index in [2.05, 4.69) is 4.98 Å². The Morgan fingerprint density at radius 2 is 1.87 bits per heavy atom. The number of rotatable bonds is 0. The molecule has 15 heavy (non-hydrogen) atoms. The fraction of sp³-hybridized carbons (Fsp3) is 0.182. The van der Waals surface area contributed by atoms with Gasteiger partial charge in [0.05, 0.1) is 0 Å². The molecule has 0 fully saturated rings. The number of aryl methyl sites for hydroxylation is 1. The van der Waals surface area contributed by atoms with Gasteiger partial charge in [-0.3, -0.25) is 0 Å². The highest BCUT2D eigenvalue weighted by Crippen LogP contribution is 2.30. The van der Waals surface area contributed by atoms with Crippen molar-refractivity contribution in [2.24, 2.45) is 0 Å². The lowest BCUT2D eigenvalue weighted by Crippen LogP contribution is -1.93. The highest BCUT2D eigenvalue weighted by Gasteiger charge is 2.12. The Hall–Kier alpha value is -1.71. The Balaban J connectivity index is 2.98. The van der Waals surface area contributed by atoms with E-state index in [-0.39, 0.29) is 16.7 Å². The number of fused-ring (bicyclic) bond motifs is 1. The summed E-state index contributed by atoms with van der Waals surface area (Å²) in [6.07, 6.45) is 0. The molecule has 0 radical (unpaired) electrons. The number of hydrogen-bond acceptors (Lipinski definition) is 2. The smallest absolute Gasteiger partial charge is 0.152 e. The zero-order valence-electron chi connectivity index (χ0n) is 8.31. The van der Waals surface area contributed by atoms with Gasteiger partial charge in [0, 0.05) is 22.7 Å². The van der Waals surface area contributed by atoms with Crippen LogP contribution in [0.5, 0.6) is 5.75 Å². The summed E-state index contributed by atoms with van der Waals surface area (Å²) in [5, 5.41) is 9.82. The van der Waals surface area contributed by atoms with Crippen molar-refractivity contribution in [3.63, 3.8) is 0 Å². The van der Waals surface area contributed by atoms with Crippen LogP contribution in [-0.2, 0) is 0 Å². The fourth-order valence-electron chi connectivity index (χ4n) is 1.49. The van der Waals surface area contributed by atoms with E-state index in [1.807, 2.05) is 0 Å². The van der Waals surface area contributed by atoms with Gasteiger partial charge in [-0.25, -0.2) is 13.8 Å². The molecule has 0 aliphatic rings. The molecule has 1 aromatic heterocycles. The summed E-state index contributed by atoms with van der Waals surface area (Å²) in [5.74, 6) is -1.60. The first-order chi connectivity index (χ1) is 7.00. The molecule has 1 aromatic carbocycles. The second kappa shape index (κ2) is 3.15. The molecular formula is C11H9F2NO. The van der Waals surface area contributed by atoms with Gasteiger partial charge in [0.15, 0.2) is 5.82 Å². The van der Waals surface area contributed by atoms with Gasteiger partial charge in [-0.2, -0.15) is 0 Å². The van der Waals surface area contributed by atoms with Gasteiger partial charge in [-0.1, -0.05) is 0 Å². The molecular weight excluding hydrogens is 200 g/mol. The molecule has 2 aromatic rings. The zero-order valence-corrected chi connectivity index (χ0v) is 8.31. The summed E-state index contributed by atoms with van der Waals surface area (Å²) in [6.45, 7) is 3.32. The molecule has 0 spiro atoms. The minimum absolute atomic E-state index is 0.00278. The van der Waals surface area contributed by atoms with E-state index in [0.717, 1.165) is 12.1 Å². The third-order valence-electron chi connectivity index (χ3n) is 2.46. The summed E-state index contributed by atoms with van der Waals surface area (Å²) < 4.78 is 26.3. The van der Waals surface area contributed by atoms with Crippen molar-refractivity contribution in [1.29, 1.82) is 0 Å². The van der Waals surface area contributed by atoms with Crippen LogP contribution in [0.25, 0.3) is 10.9 Å². The van der Waals surface area contributed by atoms with Crippen LogP contribution in [0.3, 0.4) is 0 Å². The van der Waals surface area contributed by atoms with Crippen molar-refractivity contribution in [3.8, 4) is 5.75 Å². The summed E-state index contributed by atoms with van der Waals surface area (Å²) in [7, 11) is 0. The zero-order chi connectivity index (χ0) is 11.2. The molecule has 1 N–H and O–H groups in total. The maximum absolute atomic E-state index is 13.3. The molecule has 1 heterocycles. The number of hydrogen-bond donors (Lipinski definition) is 1. The molecule has 4 heteroatoms. The Morgan fingerprint density at radius 3 is 2.53 bits per heavy atom. The summed E-state index contributed by atoms with van der Waals surface area (Å²) in [4.78, 5) is 3.97. The molecule has 0 aliphatic heterocycles. The van der Waals surface area contributed by atoms with E-state index in [1.54, 1.807) is 13.8 Å². The number of aromatic hydroxyl groups is 1. The standard InChI is InChI=1S/C11H9F2NO/c1-5-6(2)14-10-8(11(5)15)3-7(12)4-9(10)13/h3-4H,1-2H3,(H,14,15). The minimum atomic E-state index is -0.761. The molecule has 0 saturated carbocycles. The van der Waals surface area contributed by atoms with Crippen molar-refractivity contribution < 1.29 is 13.9 Å². The first kappa shape index (κ1) is 9.83. The van der Waals surface area contributed by atoms with E-state index in [1.165, 1.54) is 0 Å². The number of aromatic nitrogens is 1. The van der Waals surface area contributed by atoms with Crippen molar-refractivity contribution in [2.75, 3.05) is 0 Å². The second-order valence-electron chi connectivity index (χ2n) is 3.45. The first-order valence-corrected chi connectivity index (χ1v) is 4.45. The van der Waals surface area contributed by atoms with Gasteiger partial charge < -0.3 is 5.11 Å². The van der Waals surface area contributed by atoms with E-state index >= 15 is 0 Å². The van der Waals surface area contributed by atoms with Crippen molar-refractivity contribution in [2.45, 2.75) is 13.8 Å². The van der Waals surface area contributed by atoms with Gasteiger partial charge in [-0.05, 0) is 19.9 Å². The highest BCUT2D eigenvalue weighted by atomic mass is 19.1. The quantitative estimate of drug-likeness (QED) is 0.723. The number of halogens is 2. The van der Waals surface area contributed by atoms with Crippen LogP contribution in [0.4, 0.5) is 8.78 Å². The molecule has 0 amide bonds. The topological polar surface area (TPSA) is 33.1 Å². The van der Waals surface area contributed by atoms with Crippen LogP contribution in [0, 0.1) is 25.5 Å². The summed E-state index contributed by atoms with van der Waals surface area (Å²) >= 11 is 0. The number of benzene rings is 1. The Kier molecular flexibility index (Phi) is 2.07. The lowest BCUT2D eigenvalue weighted by molar-refractivity contribution is 0.475. The first-order valence-electron chi connectivity index (χ1n) is 4.45. The molecule has 0 atom stereocenters. The SMILES string of the molecule is Cc1nc2c(F)cc(F)cc2c(O)c1C. The van der Waals surface area contributed by atoms with Crippen molar-refractivity contribution >= 4 is 10.9 Å². The van der Waals surface area contributed by atoms with Gasteiger partial charge in [0.1, 0.15) is 17.1 Å². The van der Waals surface area contributed by atoms with Gasteiger partial charge in [0.25, 0.3) is 0 Å². The van der Waals surface area contributed by atoms with Crippen LogP contribution >= 0.6 is 0 Å². The maximum atomic E-state index is 13.3. The normalized spacial score (nSPS) is 10.9. The molecule has 0 aliphatic carbocycles. The third-order valence-corrected chi connectivity index (χ3v) is 2.46. The molecule has 2 rings (SSSR count). The van der Waals surface area contributed by atoms with Crippen LogP contribution in [0.15, 0.2) is 12.1 Å². The van der Waals surface area contributed by atoms with Gasteiger partial charge >= 0.3 is 0 Å². The average molecular weight is 209 g/mol. The summed E-state index contributed by atoms with van der Waals surface area (Å²) in [5.41, 5.74) is 1.06. The van der Waals surface area contributed by atoms with Crippen LogP contribution in [0.2, 0.25) is 0 Å². The van der Waals surface area contributed by atoms with Crippen LogP contribution in [-0.4, -0.2) is 10.1 Å². The minimum Gasteiger partial charge on any atom is -0.507 e. The van der Waals surface area contributed by atoms with E-state index < -0.39 is 11.6 Å². The largest absolute Gasteiger partial charge is 0.507 e. The predicted molar refractivity (Wildman–Crippen MR) is 52.8 cm³/mol. The lowest BCUT2D eigenvalue weighted by Gasteiger charge is -2.07. The molecule has 0 saturated heterocycles. The van der Waals surface area contributed by atoms with Crippen molar-refractivity contribution in [3.05, 3.63) is 35.0 Å². The maximum Gasteiger partial charge on any atom is 0.152 e. The monoisotopic (exact) mass is 209 g/mol. The third kappa shape index (κ3) is 1.42. The number of nitrogens with zero attached hydrogens (tertiary/aromatic N) is 1. The molecule has 0 bridgehead atoms. The van der Waals surface area contributed by atoms with Crippen LogP contribution < -0.4 is 0 Å². The van der Waals surface area contributed by atoms with Gasteiger partial charge in [0.2, 0.25) is 0 Å². The Labute approximate surface area is 85.2 Å². The Bertz CT molecular complexity index is 552. The highest BCUT2D eigenvalue weighted by molar-refractivity contribution is 5.86. The second-order valence-corrected chi connectivity index (χ2v) is 3.45. The lowest BCUT2D eigenvalue weighted by atomic mass is 10.1. The predicted octanol–water partition coefficient (Wildman–Crippen LogP) is 2.84.